The number of hydrogen-bond acceptors (Lipinski definition) is 0. The van der Waals surface area contributed by atoms with E-state index in [2.05, 4.69) is 79.7 Å². The Morgan fingerprint density at radius 1 is 0.727 bits per heavy atom. The molecule has 0 amide bonds. The fourth-order valence-corrected chi connectivity index (χ4v) is 1.90. The Balaban J connectivity index is -0.000000249. The first-order valence-corrected chi connectivity index (χ1v) is 8.29. The van der Waals surface area contributed by atoms with Gasteiger partial charge in [-0.3, -0.25) is 0 Å². The number of rotatable bonds is 0. The van der Waals surface area contributed by atoms with E-state index in [1.807, 2.05) is 0 Å². The van der Waals surface area contributed by atoms with Crippen LogP contribution in [0.1, 0.15) is 47.2 Å². The molecule has 2 aromatic carbocycles. The molecule has 0 aliphatic rings. The van der Waals surface area contributed by atoms with Crippen LogP contribution in [0.3, 0.4) is 0 Å². The van der Waals surface area contributed by atoms with Gasteiger partial charge in [0.05, 0.1) is 0 Å². The molecule has 2 aromatic rings. The van der Waals surface area contributed by atoms with Crippen LogP contribution in [-0.2, 0) is 24.2 Å². The zero-order valence-corrected chi connectivity index (χ0v) is 19.0. The molecule has 0 nitrogen and oxygen atoms in total. The molecule has 0 aliphatic carbocycles. The maximum atomic E-state index is 2.20. The van der Waals surface area contributed by atoms with Crippen molar-refractivity contribution in [1.29, 1.82) is 0 Å². The SMILES string of the molecule is C[C](C)=[Zr+2].Cc1cc(C)c(C)[cH-]1.Cc1cc(C)c(C)[cH-]1.[Cl-].[Cl-]. The topological polar surface area (TPSA) is 0 Å². The molecule has 0 heterocycles. The van der Waals surface area contributed by atoms with Crippen LogP contribution in [0.15, 0.2) is 24.3 Å². The summed E-state index contributed by atoms with van der Waals surface area (Å²) >= 11 is 1.55. The van der Waals surface area contributed by atoms with E-state index >= 15 is 0 Å². The second kappa shape index (κ2) is 13.5. The van der Waals surface area contributed by atoms with Crippen molar-refractivity contribution in [3.05, 3.63) is 57.6 Å². The number of halogens is 2. The van der Waals surface area contributed by atoms with Crippen molar-refractivity contribution in [1.82, 2.24) is 0 Å². The maximum Gasteiger partial charge on any atom is -0.0632 e. The molecule has 0 fully saturated rings. The van der Waals surface area contributed by atoms with Crippen LogP contribution in [0.5, 0.6) is 0 Å². The van der Waals surface area contributed by atoms with Crippen LogP contribution in [-0.4, -0.2) is 3.21 Å². The zero-order valence-electron chi connectivity index (χ0n) is 15.1. The van der Waals surface area contributed by atoms with Crippen molar-refractivity contribution in [3.8, 4) is 0 Å². The Labute approximate surface area is 164 Å². The van der Waals surface area contributed by atoms with Crippen molar-refractivity contribution in [2.24, 2.45) is 0 Å². The van der Waals surface area contributed by atoms with Crippen LogP contribution < -0.4 is 24.8 Å². The third-order valence-corrected chi connectivity index (χ3v) is 3.02. The average Bonchev–Trinajstić information content (AvgIpc) is 2.70. The van der Waals surface area contributed by atoms with Crippen molar-refractivity contribution in [3.63, 3.8) is 0 Å². The molecule has 124 valence electrons. The van der Waals surface area contributed by atoms with Gasteiger partial charge in [-0.2, -0.15) is 45.5 Å². The summed E-state index contributed by atoms with van der Waals surface area (Å²) in [4.78, 5) is 0. The molecule has 0 saturated carbocycles. The van der Waals surface area contributed by atoms with Gasteiger partial charge in [0.15, 0.2) is 0 Å². The van der Waals surface area contributed by atoms with Gasteiger partial charge in [0.25, 0.3) is 0 Å². The summed E-state index contributed by atoms with van der Waals surface area (Å²) in [6, 6.07) is 8.81. The fourth-order valence-electron chi connectivity index (χ4n) is 1.90. The van der Waals surface area contributed by atoms with Gasteiger partial charge < -0.3 is 24.8 Å². The fraction of sp³-hybridized carbons (Fsp3) is 0.421. The third kappa shape index (κ3) is 12.6. The van der Waals surface area contributed by atoms with Crippen LogP contribution in [0, 0.1) is 41.5 Å². The van der Waals surface area contributed by atoms with E-state index in [0.717, 1.165) is 0 Å². The quantitative estimate of drug-likeness (QED) is 0.502. The second-order valence-corrected chi connectivity index (χ2v) is 8.26. The first-order chi connectivity index (χ1) is 9.13. The van der Waals surface area contributed by atoms with Crippen molar-refractivity contribution in [2.45, 2.75) is 55.4 Å². The van der Waals surface area contributed by atoms with Crippen molar-refractivity contribution < 1.29 is 49.0 Å². The molecule has 22 heavy (non-hydrogen) atoms. The molecule has 0 atom stereocenters. The minimum Gasteiger partial charge on any atom is -1.00 e. The van der Waals surface area contributed by atoms with E-state index in [0.29, 0.717) is 0 Å². The van der Waals surface area contributed by atoms with Gasteiger partial charge in [-0.25, -0.2) is 12.1 Å². The van der Waals surface area contributed by atoms with E-state index in [1.165, 1.54) is 36.6 Å². The summed E-state index contributed by atoms with van der Waals surface area (Å²) < 4.78 is 1.51. The summed E-state index contributed by atoms with van der Waals surface area (Å²) in [5.74, 6) is 0. The van der Waals surface area contributed by atoms with E-state index in [9.17, 15) is 0 Å². The molecule has 0 N–H and O–H groups in total. The molecule has 0 radical (unpaired) electrons. The Morgan fingerprint density at radius 2 is 0.955 bits per heavy atom. The molecular formula is C19H28Cl2Zr-2. The van der Waals surface area contributed by atoms with Crippen LogP contribution in [0.4, 0.5) is 0 Å². The smallest absolute Gasteiger partial charge is 0.0632 e. The van der Waals surface area contributed by atoms with Gasteiger partial charge in [-0.15, -0.1) is 0 Å². The minimum atomic E-state index is 0. The summed E-state index contributed by atoms with van der Waals surface area (Å²) in [5.41, 5.74) is 8.37. The summed E-state index contributed by atoms with van der Waals surface area (Å²) in [6.07, 6.45) is 0. The Morgan fingerprint density at radius 3 is 1.00 bits per heavy atom. The summed E-state index contributed by atoms with van der Waals surface area (Å²) in [5, 5.41) is 0. The normalized spacial score (nSPS) is 8.45. The van der Waals surface area contributed by atoms with Gasteiger partial charge in [0.2, 0.25) is 0 Å². The Hall–Kier alpha value is 0.0331. The Bertz CT molecular complexity index is 461. The number of aryl methyl sites for hydroxylation is 6. The van der Waals surface area contributed by atoms with Gasteiger partial charge in [0, 0.05) is 0 Å². The molecule has 0 unspecified atom stereocenters. The second-order valence-electron chi connectivity index (χ2n) is 5.80. The van der Waals surface area contributed by atoms with Gasteiger partial charge in [0.1, 0.15) is 0 Å². The zero-order chi connectivity index (χ0) is 15.9. The van der Waals surface area contributed by atoms with Crippen LogP contribution >= 0.6 is 0 Å². The molecule has 0 bridgehead atoms. The first kappa shape index (κ1) is 26.9. The summed E-state index contributed by atoms with van der Waals surface area (Å²) in [6.45, 7) is 17.1. The van der Waals surface area contributed by atoms with E-state index in [-0.39, 0.29) is 24.8 Å². The average molecular weight is 419 g/mol. The van der Waals surface area contributed by atoms with Crippen molar-refractivity contribution >= 4 is 3.21 Å². The predicted octanol–water partition coefficient (Wildman–Crippen LogP) is -0.585. The Kier molecular flexibility index (Phi) is 16.5. The molecule has 2 rings (SSSR count). The maximum absolute atomic E-state index is 2.20. The molecule has 0 aliphatic heterocycles. The van der Waals surface area contributed by atoms with E-state index < -0.39 is 0 Å². The van der Waals surface area contributed by atoms with E-state index in [1.54, 1.807) is 24.2 Å². The van der Waals surface area contributed by atoms with Gasteiger partial charge >= 0.3 is 41.3 Å². The molecule has 0 spiro atoms. The summed E-state index contributed by atoms with van der Waals surface area (Å²) in [7, 11) is 0. The first-order valence-electron chi connectivity index (χ1n) is 7.06. The standard InChI is InChI=1S/2C8H11.C3H6.2ClH.Zr/c2*1-6-4-7(2)8(3)5-6;1-3-2;;;/h2*4-5H,1-3H3;1-2H3;2*1H;/q2*-1;;;;+2/p-2. The predicted molar refractivity (Wildman–Crippen MR) is 88.8 cm³/mol. The molecule has 0 saturated heterocycles. The molecule has 3 heteroatoms. The third-order valence-electron chi connectivity index (χ3n) is 3.02. The number of hydrogen-bond donors (Lipinski definition) is 0. The van der Waals surface area contributed by atoms with Gasteiger partial charge in [-0.1, -0.05) is 41.5 Å². The van der Waals surface area contributed by atoms with Crippen molar-refractivity contribution in [2.75, 3.05) is 0 Å². The van der Waals surface area contributed by atoms with Crippen LogP contribution in [0.25, 0.3) is 0 Å². The van der Waals surface area contributed by atoms with Crippen LogP contribution in [0.2, 0.25) is 0 Å². The van der Waals surface area contributed by atoms with E-state index in [4.69, 9.17) is 0 Å². The molecular weight excluding hydrogens is 390 g/mol. The monoisotopic (exact) mass is 416 g/mol. The largest absolute Gasteiger partial charge is 1.00 e. The minimum absolute atomic E-state index is 0. The molecule has 0 aromatic heterocycles. The van der Waals surface area contributed by atoms with Gasteiger partial charge in [-0.05, 0) is 0 Å².